The van der Waals surface area contributed by atoms with Crippen LogP contribution in [-0.4, -0.2) is 53.4 Å². The predicted octanol–water partition coefficient (Wildman–Crippen LogP) is -0.649. The molecule has 0 aliphatic carbocycles. The first-order valence-corrected chi connectivity index (χ1v) is 5.37. The smallest absolute Gasteiger partial charge is 0.328 e. The molecule has 100 valence electrons. The first kappa shape index (κ1) is 14.0. The Hall–Kier alpha value is -2.09. The number of carboxylic acids is 1. The molecule has 0 aromatic carbocycles. The molecule has 0 fully saturated rings. The zero-order chi connectivity index (χ0) is 13.4. The van der Waals surface area contributed by atoms with Gasteiger partial charge in [0.15, 0.2) is 6.04 Å². The fourth-order valence-corrected chi connectivity index (χ4v) is 1.28. The van der Waals surface area contributed by atoms with Gasteiger partial charge in [0.25, 0.3) is 0 Å². The van der Waals surface area contributed by atoms with Crippen LogP contribution in [0.5, 0.6) is 0 Å². The Labute approximate surface area is 104 Å². The minimum Gasteiger partial charge on any atom is -0.480 e. The number of carbonyl (C=O) groups excluding carboxylic acids is 1. The zero-order valence-corrected chi connectivity index (χ0v) is 9.97. The van der Waals surface area contributed by atoms with Gasteiger partial charge in [0.1, 0.15) is 0 Å². The Morgan fingerprint density at radius 2 is 2.39 bits per heavy atom. The number of H-pyrrole nitrogens is 1. The van der Waals surface area contributed by atoms with E-state index in [0.717, 1.165) is 5.69 Å². The predicted molar refractivity (Wildman–Crippen MR) is 62.1 cm³/mol. The molecule has 0 saturated heterocycles. The molecule has 1 atom stereocenters. The lowest BCUT2D eigenvalue weighted by Crippen LogP contribution is -2.48. The molecule has 1 rings (SSSR count). The molecular formula is C10H16N4O4. The minimum absolute atomic E-state index is 0.0801. The van der Waals surface area contributed by atoms with E-state index in [4.69, 9.17) is 9.84 Å². The molecule has 1 unspecified atom stereocenters. The molecule has 0 saturated carbocycles. The van der Waals surface area contributed by atoms with Crippen molar-refractivity contribution in [2.24, 2.45) is 0 Å². The average Bonchev–Trinajstić information content (AvgIpc) is 2.81. The molecular weight excluding hydrogens is 240 g/mol. The molecule has 2 amide bonds. The maximum Gasteiger partial charge on any atom is 0.328 e. The number of rotatable bonds is 7. The number of aromatic nitrogens is 2. The number of hydrogen-bond acceptors (Lipinski definition) is 4. The molecule has 18 heavy (non-hydrogen) atoms. The molecule has 1 aromatic rings. The largest absolute Gasteiger partial charge is 0.480 e. The van der Waals surface area contributed by atoms with E-state index in [1.807, 2.05) is 0 Å². The van der Waals surface area contributed by atoms with Crippen molar-refractivity contribution in [2.45, 2.75) is 12.5 Å². The van der Waals surface area contributed by atoms with Gasteiger partial charge in [-0.05, 0) is 0 Å². The number of urea groups is 1. The van der Waals surface area contributed by atoms with Crippen molar-refractivity contribution in [2.75, 3.05) is 20.3 Å². The lowest BCUT2D eigenvalue weighted by molar-refractivity contribution is -0.140. The molecule has 1 aromatic heterocycles. The van der Waals surface area contributed by atoms with Gasteiger partial charge in [-0.1, -0.05) is 0 Å². The van der Waals surface area contributed by atoms with Crippen molar-refractivity contribution in [3.05, 3.63) is 18.2 Å². The normalized spacial score (nSPS) is 11.8. The highest BCUT2D eigenvalue weighted by atomic mass is 16.5. The summed E-state index contributed by atoms with van der Waals surface area (Å²) in [5.41, 5.74) is 0.891. The molecule has 8 heteroatoms. The Bertz CT molecular complexity index is 379. The number of carbonyl (C=O) groups is 2. The summed E-state index contributed by atoms with van der Waals surface area (Å²) in [6, 6.07) is -1.60. The number of nitrogens with zero attached hydrogens (tertiary/aromatic N) is 1. The summed E-state index contributed by atoms with van der Waals surface area (Å²) in [6.45, 7) is 0.302. The highest BCUT2D eigenvalue weighted by Gasteiger charge is 2.19. The lowest BCUT2D eigenvalue weighted by atomic mass is 10.3. The third-order valence-electron chi connectivity index (χ3n) is 2.17. The van der Waals surface area contributed by atoms with Gasteiger partial charge in [0.2, 0.25) is 0 Å². The van der Waals surface area contributed by atoms with Crippen LogP contribution in [0.1, 0.15) is 5.69 Å². The summed E-state index contributed by atoms with van der Waals surface area (Å²) in [7, 11) is 1.37. The van der Waals surface area contributed by atoms with E-state index >= 15 is 0 Å². The summed E-state index contributed by atoms with van der Waals surface area (Å²) in [5.74, 6) is -1.14. The van der Waals surface area contributed by atoms with Gasteiger partial charge in [0, 0.05) is 32.0 Å². The standard InChI is InChI=1S/C10H16N4O4/c1-18-5-8(9(15)16)14-10(17)12-3-2-7-4-11-6-13-7/h4,6,8H,2-3,5H2,1H3,(H,11,13)(H,15,16)(H2,12,14,17). The Kier molecular flexibility index (Phi) is 5.65. The first-order valence-electron chi connectivity index (χ1n) is 5.37. The molecule has 8 nitrogen and oxygen atoms in total. The van der Waals surface area contributed by atoms with Gasteiger partial charge in [-0.25, -0.2) is 14.6 Å². The van der Waals surface area contributed by atoms with E-state index in [1.54, 1.807) is 12.5 Å². The van der Waals surface area contributed by atoms with Crippen LogP contribution in [-0.2, 0) is 16.0 Å². The molecule has 0 spiro atoms. The van der Waals surface area contributed by atoms with Gasteiger partial charge >= 0.3 is 12.0 Å². The minimum atomic E-state index is -1.14. The molecule has 0 radical (unpaired) electrons. The van der Waals surface area contributed by atoms with E-state index < -0.39 is 18.0 Å². The number of methoxy groups -OCH3 is 1. The van der Waals surface area contributed by atoms with Gasteiger partial charge in [0.05, 0.1) is 12.9 Å². The van der Waals surface area contributed by atoms with Crippen LogP contribution in [0.3, 0.4) is 0 Å². The van der Waals surface area contributed by atoms with E-state index in [1.165, 1.54) is 7.11 Å². The van der Waals surface area contributed by atoms with Crippen molar-refractivity contribution >= 4 is 12.0 Å². The molecule has 0 bridgehead atoms. The van der Waals surface area contributed by atoms with Crippen LogP contribution < -0.4 is 10.6 Å². The molecule has 0 aliphatic heterocycles. The van der Waals surface area contributed by atoms with Crippen molar-refractivity contribution < 1.29 is 19.4 Å². The highest BCUT2D eigenvalue weighted by Crippen LogP contribution is 1.91. The number of hydrogen-bond donors (Lipinski definition) is 4. The van der Waals surface area contributed by atoms with Crippen LogP contribution in [0.15, 0.2) is 12.5 Å². The quantitative estimate of drug-likeness (QED) is 0.517. The third-order valence-corrected chi connectivity index (χ3v) is 2.17. The number of carboxylic acid groups (broad SMARTS) is 1. The van der Waals surface area contributed by atoms with Crippen LogP contribution in [0.2, 0.25) is 0 Å². The number of amides is 2. The van der Waals surface area contributed by atoms with Crippen LogP contribution >= 0.6 is 0 Å². The van der Waals surface area contributed by atoms with Crippen LogP contribution in [0, 0.1) is 0 Å². The molecule has 0 aliphatic rings. The van der Waals surface area contributed by atoms with Gasteiger partial charge < -0.3 is 25.5 Å². The van der Waals surface area contributed by atoms with Gasteiger partial charge in [-0.3, -0.25) is 0 Å². The second-order valence-electron chi connectivity index (χ2n) is 3.57. The number of aliphatic carboxylic acids is 1. The fraction of sp³-hybridized carbons (Fsp3) is 0.500. The number of imidazole rings is 1. The number of aromatic amines is 1. The summed E-state index contributed by atoms with van der Waals surface area (Å²) < 4.78 is 4.69. The van der Waals surface area contributed by atoms with Crippen molar-refractivity contribution in [3.63, 3.8) is 0 Å². The van der Waals surface area contributed by atoms with Gasteiger partial charge in [-0.2, -0.15) is 0 Å². The lowest BCUT2D eigenvalue weighted by Gasteiger charge is -2.13. The summed E-state index contributed by atoms with van der Waals surface area (Å²) in [5, 5.41) is 13.6. The monoisotopic (exact) mass is 256 g/mol. The second kappa shape index (κ2) is 7.28. The Morgan fingerprint density at radius 1 is 1.61 bits per heavy atom. The number of ether oxygens (including phenoxy) is 1. The fourth-order valence-electron chi connectivity index (χ4n) is 1.28. The van der Waals surface area contributed by atoms with Crippen LogP contribution in [0.4, 0.5) is 4.79 Å². The first-order chi connectivity index (χ1) is 8.63. The van der Waals surface area contributed by atoms with Crippen molar-refractivity contribution in [1.29, 1.82) is 0 Å². The average molecular weight is 256 g/mol. The summed E-state index contributed by atoms with van der Waals surface area (Å²) in [6.07, 6.45) is 3.80. The maximum absolute atomic E-state index is 11.4. The Morgan fingerprint density at radius 3 is 2.94 bits per heavy atom. The summed E-state index contributed by atoms with van der Waals surface area (Å²) in [4.78, 5) is 28.9. The van der Waals surface area contributed by atoms with Crippen molar-refractivity contribution in [1.82, 2.24) is 20.6 Å². The van der Waals surface area contributed by atoms with E-state index in [-0.39, 0.29) is 6.61 Å². The molecule has 1 heterocycles. The summed E-state index contributed by atoms with van der Waals surface area (Å²) >= 11 is 0. The highest BCUT2D eigenvalue weighted by molar-refractivity contribution is 5.82. The van der Waals surface area contributed by atoms with Crippen molar-refractivity contribution in [3.8, 4) is 0 Å². The van der Waals surface area contributed by atoms with E-state index in [0.29, 0.717) is 13.0 Å². The topological polar surface area (TPSA) is 116 Å². The third kappa shape index (κ3) is 4.83. The van der Waals surface area contributed by atoms with Crippen LogP contribution in [0.25, 0.3) is 0 Å². The number of nitrogens with one attached hydrogen (secondary N) is 3. The SMILES string of the molecule is COCC(NC(=O)NCCc1cnc[nH]1)C(=O)O. The maximum atomic E-state index is 11.4. The Balaban J connectivity index is 2.25. The zero-order valence-electron chi connectivity index (χ0n) is 9.97. The second-order valence-corrected chi connectivity index (χ2v) is 3.57. The van der Waals surface area contributed by atoms with E-state index in [9.17, 15) is 9.59 Å². The van der Waals surface area contributed by atoms with Gasteiger partial charge in [-0.15, -0.1) is 0 Å². The van der Waals surface area contributed by atoms with E-state index in [2.05, 4.69) is 20.6 Å². The molecule has 4 N–H and O–H groups in total.